The Labute approximate surface area is 129 Å². The van der Waals surface area contributed by atoms with Crippen LogP contribution in [0.4, 0.5) is 14.9 Å². The zero-order valence-corrected chi connectivity index (χ0v) is 12.6. The van der Waals surface area contributed by atoms with Crippen LogP contribution in [-0.4, -0.2) is 17.7 Å². The number of carbonyl (C=O) groups excluding carboxylic acids is 1. The molecule has 0 aliphatic rings. The van der Waals surface area contributed by atoms with Gasteiger partial charge in [-0.3, -0.25) is 0 Å². The molecule has 2 amide bonds. The molecule has 2 aromatic rings. The van der Waals surface area contributed by atoms with Gasteiger partial charge in [0.15, 0.2) is 0 Å². The first-order chi connectivity index (χ1) is 10.4. The zero-order chi connectivity index (χ0) is 16.2. The Bertz CT molecular complexity index is 654. The first-order valence-corrected chi connectivity index (χ1v) is 6.97. The third-order valence-electron chi connectivity index (χ3n) is 3.45. The largest absolute Gasteiger partial charge is 0.384 e. The molecule has 5 heteroatoms. The summed E-state index contributed by atoms with van der Waals surface area (Å²) in [4.78, 5) is 11.9. The molecular weight excluding hydrogens is 283 g/mol. The Kier molecular flexibility index (Phi) is 4.78. The summed E-state index contributed by atoms with van der Waals surface area (Å²) in [6, 6.07) is 12.5. The van der Waals surface area contributed by atoms with Crippen LogP contribution in [0.1, 0.15) is 18.1 Å². The number of hydrogen-bond donors (Lipinski definition) is 3. The molecule has 1 unspecified atom stereocenters. The second-order valence-electron chi connectivity index (χ2n) is 5.40. The molecule has 0 fully saturated rings. The van der Waals surface area contributed by atoms with Crippen molar-refractivity contribution in [3.63, 3.8) is 0 Å². The summed E-state index contributed by atoms with van der Waals surface area (Å²) >= 11 is 0. The van der Waals surface area contributed by atoms with Gasteiger partial charge in [0.05, 0.1) is 6.54 Å². The molecule has 0 saturated carbocycles. The molecule has 22 heavy (non-hydrogen) atoms. The molecule has 2 aromatic carbocycles. The molecule has 1 atom stereocenters. The number of aliphatic hydroxyl groups is 1. The van der Waals surface area contributed by atoms with Gasteiger partial charge in [-0.1, -0.05) is 30.3 Å². The Hall–Kier alpha value is -2.40. The van der Waals surface area contributed by atoms with E-state index in [2.05, 4.69) is 10.6 Å². The minimum atomic E-state index is -1.28. The van der Waals surface area contributed by atoms with E-state index in [1.807, 2.05) is 25.1 Å². The standard InChI is InChI=1S/C17H19FN2O2/c1-12-5-3-4-6-15(12)20-16(21)19-11-17(2,22)13-7-9-14(18)10-8-13/h3-10,22H,11H2,1-2H3,(H2,19,20,21). The van der Waals surface area contributed by atoms with Gasteiger partial charge >= 0.3 is 6.03 Å². The van der Waals surface area contributed by atoms with E-state index < -0.39 is 11.6 Å². The predicted octanol–water partition coefficient (Wildman–Crippen LogP) is 3.16. The number of aryl methyl sites for hydroxylation is 1. The van der Waals surface area contributed by atoms with Crippen LogP contribution in [0.15, 0.2) is 48.5 Å². The Balaban J connectivity index is 1.95. The van der Waals surface area contributed by atoms with Crippen LogP contribution in [0.3, 0.4) is 0 Å². The smallest absolute Gasteiger partial charge is 0.319 e. The maximum absolute atomic E-state index is 12.9. The van der Waals surface area contributed by atoms with Gasteiger partial charge in [0.1, 0.15) is 11.4 Å². The van der Waals surface area contributed by atoms with Crippen molar-refractivity contribution in [2.24, 2.45) is 0 Å². The summed E-state index contributed by atoms with van der Waals surface area (Å²) < 4.78 is 12.9. The van der Waals surface area contributed by atoms with E-state index in [0.717, 1.165) is 5.56 Å². The lowest BCUT2D eigenvalue weighted by Gasteiger charge is -2.24. The molecular formula is C17H19FN2O2. The maximum Gasteiger partial charge on any atom is 0.319 e. The van der Waals surface area contributed by atoms with Crippen LogP contribution in [0.5, 0.6) is 0 Å². The Morgan fingerprint density at radius 3 is 2.45 bits per heavy atom. The number of nitrogens with one attached hydrogen (secondary N) is 2. The van der Waals surface area contributed by atoms with Crippen molar-refractivity contribution in [1.29, 1.82) is 0 Å². The zero-order valence-electron chi connectivity index (χ0n) is 12.6. The molecule has 4 nitrogen and oxygen atoms in total. The van der Waals surface area contributed by atoms with Crippen LogP contribution in [0, 0.1) is 12.7 Å². The number of amides is 2. The molecule has 2 rings (SSSR count). The van der Waals surface area contributed by atoms with Crippen molar-refractivity contribution < 1.29 is 14.3 Å². The Morgan fingerprint density at radius 1 is 1.18 bits per heavy atom. The number of para-hydroxylation sites is 1. The molecule has 3 N–H and O–H groups in total. The van der Waals surface area contributed by atoms with E-state index in [1.165, 1.54) is 24.3 Å². The maximum atomic E-state index is 12.9. The van der Waals surface area contributed by atoms with Crippen LogP contribution in [-0.2, 0) is 5.60 Å². The summed E-state index contributed by atoms with van der Waals surface area (Å²) in [7, 11) is 0. The second kappa shape index (κ2) is 6.58. The minimum Gasteiger partial charge on any atom is -0.384 e. The molecule has 0 aliphatic heterocycles. The van der Waals surface area contributed by atoms with E-state index >= 15 is 0 Å². The van der Waals surface area contributed by atoms with Crippen molar-refractivity contribution in [3.8, 4) is 0 Å². The minimum absolute atomic E-state index is 0.0103. The average Bonchev–Trinajstić information content (AvgIpc) is 2.48. The summed E-state index contributed by atoms with van der Waals surface area (Å²) in [6.45, 7) is 3.47. The van der Waals surface area contributed by atoms with Gasteiger partial charge in [0.2, 0.25) is 0 Å². The lowest BCUT2D eigenvalue weighted by molar-refractivity contribution is 0.0599. The fraction of sp³-hybridized carbons (Fsp3) is 0.235. The third-order valence-corrected chi connectivity index (χ3v) is 3.45. The Morgan fingerprint density at radius 2 is 1.82 bits per heavy atom. The van der Waals surface area contributed by atoms with E-state index in [0.29, 0.717) is 11.3 Å². The highest BCUT2D eigenvalue weighted by Crippen LogP contribution is 2.20. The summed E-state index contributed by atoms with van der Waals surface area (Å²) in [5.74, 6) is -0.371. The summed E-state index contributed by atoms with van der Waals surface area (Å²) in [6.07, 6.45) is 0. The number of rotatable bonds is 4. The van der Waals surface area contributed by atoms with E-state index in [1.54, 1.807) is 13.0 Å². The molecule has 0 aromatic heterocycles. The fourth-order valence-electron chi connectivity index (χ4n) is 2.04. The molecule has 116 valence electrons. The SMILES string of the molecule is Cc1ccccc1NC(=O)NCC(C)(O)c1ccc(F)cc1. The highest BCUT2D eigenvalue weighted by Gasteiger charge is 2.23. The monoisotopic (exact) mass is 302 g/mol. The van der Waals surface area contributed by atoms with Gasteiger partial charge in [-0.2, -0.15) is 0 Å². The number of urea groups is 1. The lowest BCUT2D eigenvalue weighted by Crippen LogP contribution is -2.40. The summed E-state index contributed by atoms with van der Waals surface area (Å²) in [5, 5.41) is 15.7. The second-order valence-corrected chi connectivity index (χ2v) is 5.40. The van der Waals surface area contributed by atoms with Gasteiger partial charge in [-0.05, 0) is 43.2 Å². The number of carbonyl (C=O) groups is 1. The highest BCUT2D eigenvalue weighted by atomic mass is 19.1. The number of benzene rings is 2. The molecule has 0 radical (unpaired) electrons. The number of hydrogen-bond acceptors (Lipinski definition) is 2. The average molecular weight is 302 g/mol. The third kappa shape index (κ3) is 4.05. The molecule has 0 aliphatic carbocycles. The quantitative estimate of drug-likeness (QED) is 0.812. The van der Waals surface area contributed by atoms with Crippen LogP contribution in [0.2, 0.25) is 0 Å². The number of anilines is 1. The van der Waals surface area contributed by atoms with Crippen molar-refractivity contribution in [3.05, 3.63) is 65.5 Å². The molecule has 0 saturated heterocycles. The highest BCUT2D eigenvalue weighted by molar-refractivity contribution is 5.90. The van der Waals surface area contributed by atoms with Crippen molar-refractivity contribution in [2.75, 3.05) is 11.9 Å². The van der Waals surface area contributed by atoms with Gasteiger partial charge in [0, 0.05) is 5.69 Å². The molecule has 0 spiro atoms. The van der Waals surface area contributed by atoms with Crippen LogP contribution in [0.25, 0.3) is 0 Å². The van der Waals surface area contributed by atoms with E-state index in [4.69, 9.17) is 0 Å². The van der Waals surface area contributed by atoms with Crippen molar-refractivity contribution in [1.82, 2.24) is 5.32 Å². The van der Waals surface area contributed by atoms with E-state index in [-0.39, 0.29) is 12.4 Å². The van der Waals surface area contributed by atoms with Gasteiger partial charge in [0.25, 0.3) is 0 Å². The van der Waals surface area contributed by atoms with Gasteiger partial charge in [-0.15, -0.1) is 0 Å². The van der Waals surface area contributed by atoms with Crippen molar-refractivity contribution in [2.45, 2.75) is 19.4 Å². The molecule has 0 heterocycles. The topological polar surface area (TPSA) is 61.4 Å². The first kappa shape index (κ1) is 16.0. The summed E-state index contributed by atoms with van der Waals surface area (Å²) in [5.41, 5.74) is 0.908. The van der Waals surface area contributed by atoms with Crippen LogP contribution >= 0.6 is 0 Å². The van der Waals surface area contributed by atoms with Gasteiger partial charge < -0.3 is 15.7 Å². The van der Waals surface area contributed by atoms with Crippen molar-refractivity contribution >= 4 is 11.7 Å². The van der Waals surface area contributed by atoms with E-state index in [9.17, 15) is 14.3 Å². The van der Waals surface area contributed by atoms with Crippen LogP contribution < -0.4 is 10.6 Å². The fourth-order valence-corrected chi connectivity index (χ4v) is 2.04. The van der Waals surface area contributed by atoms with Gasteiger partial charge in [-0.25, -0.2) is 9.18 Å². The number of halogens is 1. The first-order valence-electron chi connectivity index (χ1n) is 6.97. The predicted molar refractivity (Wildman–Crippen MR) is 84.2 cm³/mol. The lowest BCUT2D eigenvalue weighted by atomic mass is 9.96. The molecule has 0 bridgehead atoms. The normalized spacial score (nSPS) is 13.3.